The molecule has 0 aliphatic heterocycles. The van der Waals surface area contributed by atoms with Gasteiger partial charge in [0, 0.05) is 23.0 Å². The molecule has 0 saturated carbocycles. The first-order valence-corrected chi connectivity index (χ1v) is 8.91. The first-order chi connectivity index (χ1) is 13.3. The number of carbonyl (C=O) groups is 2. The van der Waals surface area contributed by atoms with Gasteiger partial charge >= 0.3 is 0 Å². The summed E-state index contributed by atoms with van der Waals surface area (Å²) in [7, 11) is 1.39. The van der Waals surface area contributed by atoms with Crippen LogP contribution < -0.4 is 10.8 Å². The van der Waals surface area contributed by atoms with Crippen LogP contribution in [0.4, 0.5) is 11.5 Å². The first-order valence-electron chi connectivity index (χ1n) is 8.91. The number of rotatable bonds is 6. The summed E-state index contributed by atoms with van der Waals surface area (Å²) in [6, 6.07) is 5.43. The molecule has 8 nitrogen and oxygen atoms in total. The second-order valence-corrected chi connectivity index (χ2v) is 6.86. The Labute approximate surface area is 162 Å². The van der Waals surface area contributed by atoms with Crippen LogP contribution in [-0.2, 0) is 4.84 Å². The molecule has 0 aliphatic rings. The Morgan fingerprint density at radius 2 is 1.96 bits per heavy atom. The lowest BCUT2D eigenvalue weighted by Gasteiger charge is -2.13. The molecule has 146 valence electrons. The smallest absolute Gasteiger partial charge is 0.275 e. The summed E-state index contributed by atoms with van der Waals surface area (Å²) in [6.07, 6.45) is 3.16. The Kier molecular flexibility index (Phi) is 5.41. The summed E-state index contributed by atoms with van der Waals surface area (Å²) in [5.74, 6) is 0.319. The number of hydroxylamine groups is 1. The van der Waals surface area contributed by atoms with Crippen molar-refractivity contribution >= 4 is 28.7 Å². The fourth-order valence-electron chi connectivity index (χ4n) is 3.22. The molecule has 1 amide bonds. The molecule has 0 bridgehead atoms. The molecule has 2 N–H and O–H groups in total. The second-order valence-electron chi connectivity index (χ2n) is 6.86. The number of hydrogen-bond donors (Lipinski definition) is 2. The fourth-order valence-corrected chi connectivity index (χ4v) is 3.22. The van der Waals surface area contributed by atoms with Gasteiger partial charge in [-0.3, -0.25) is 14.4 Å². The summed E-state index contributed by atoms with van der Waals surface area (Å²) in [6.45, 7) is 7.44. The highest BCUT2D eigenvalue weighted by Crippen LogP contribution is 2.32. The SMILES string of the molecule is CONC(=O)c1cc(Nc2ncnn3cc(C(C)=O)c(C(C)C)c23)ccc1C. The molecule has 28 heavy (non-hydrogen) atoms. The number of fused-ring (bicyclic) bond motifs is 1. The molecule has 0 unspecified atom stereocenters. The van der Waals surface area contributed by atoms with Gasteiger partial charge in [-0.25, -0.2) is 15.0 Å². The molecule has 3 rings (SSSR count). The normalized spacial score (nSPS) is 11.1. The first kappa shape index (κ1) is 19.5. The van der Waals surface area contributed by atoms with E-state index in [0.717, 1.165) is 16.6 Å². The highest BCUT2D eigenvalue weighted by Gasteiger charge is 2.21. The minimum absolute atomic E-state index is 0.0194. The van der Waals surface area contributed by atoms with E-state index < -0.39 is 0 Å². The summed E-state index contributed by atoms with van der Waals surface area (Å²) in [5.41, 5.74) is 6.58. The Morgan fingerprint density at radius 1 is 1.21 bits per heavy atom. The number of carbonyl (C=O) groups excluding carboxylic acids is 2. The highest BCUT2D eigenvalue weighted by molar-refractivity contribution is 6.00. The molecule has 3 aromatic rings. The van der Waals surface area contributed by atoms with E-state index in [1.807, 2.05) is 32.9 Å². The number of hydrogen-bond acceptors (Lipinski definition) is 6. The maximum Gasteiger partial charge on any atom is 0.275 e. The lowest BCUT2D eigenvalue weighted by Crippen LogP contribution is -2.22. The van der Waals surface area contributed by atoms with Gasteiger partial charge in [0.25, 0.3) is 5.91 Å². The van der Waals surface area contributed by atoms with E-state index in [-0.39, 0.29) is 17.6 Å². The second kappa shape index (κ2) is 7.77. The van der Waals surface area contributed by atoms with Crippen LogP contribution >= 0.6 is 0 Å². The van der Waals surface area contributed by atoms with E-state index in [9.17, 15) is 9.59 Å². The van der Waals surface area contributed by atoms with E-state index in [1.54, 1.807) is 23.7 Å². The van der Waals surface area contributed by atoms with E-state index in [1.165, 1.54) is 13.4 Å². The monoisotopic (exact) mass is 381 g/mol. The van der Waals surface area contributed by atoms with Crippen molar-refractivity contribution in [3.63, 3.8) is 0 Å². The van der Waals surface area contributed by atoms with Crippen LogP contribution in [0.25, 0.3) is 5.52 Å². The molecule has 8 heteroatoms. The molecule has 0 atom stereocenters. The van der Waals surface area contributed by atoms with Crippen molar-refractivity contribution in [1.82, 2.24) is 20.1 Å². The number of ketones is 1. The lowest BCUT2D eigenvalue weighted by molar-refractivity contribution is 0.0537. The molecular formula is C20H23N5O3. The Balaban J connectivity index is 2.09. The zero-order chi connectivity index (χ0) is 20.4. The number of Topliss-reactive ketones (excluding diaryl/α,β-unsaturated/α-hetero) is 1. The molecule has 1 aromatic carbocycles. The van der Waals surface area contributed by atoms with Crippen LogP contribution in [0.15, 0.2) is 30.7 Å². The Morgan fingerprint density at radius 3 is 2.61 bits per heavy atom. The van der Waals surface area contributed by atoms with Gasteiger partial charge in [-0.05, 0) is 43.0 Å². The number of aryl methyl sites for hydroxylation is 1. The van der Waals surface area contributed by atoms with Gasteiger partial charge in [0.15, 0.2) is 11.6 Å². The quantitative estimate of drug-likeness (QED) is 0.502. The van der Waals surface area contributed by atoms with Gasteiger partial charge in [-0.15, -0.1) is 0 Å². The van der Waals surface area contributed by atoms with Crippen molar-refractivity contribution in [2.75, 3.05) is 12.4 Å². The minimum Gasteiger partial charge on any atom is -0.338 e. The molecule has 0 spiro atoms. The third kappa shape index (κ3) is 3.59. The van der Waals surface area contributed by atoms with E-state index >= 15 is 0 Å². The van der Waals surface area contributed by atoms with Crippen molar-refractivity contribution in [3.8, 4) is 0 Å². The third-order valence-corrected chi connectivity index (χ3v) is 4.51. The molecular weight excluding hydrogens is 358 g/mol. The number of amides is 1. The van der Waals surface area contributed by atoms with Crippen molar-refractivity contribution in [2.24, 2.45) is 0 Å². The van der Waals surface area contributed by atoms with Crippen LogP contribution in [-0.4, -0.2) is 33.4 Å². The van der Waals surface area contributed by atoms with Crippen molar-refractivity contribution in [2.45, 2.75) is 33.6 Å². The van der Waals surface area contributed by atoms with Crippen LogP contribution in [0.1, 0.15) is 58.5 Å². The van der Waals surface area contributed by atoms with E-state index in [2.05, 4.69) is 20.9 Å². The largest absolute Gasteiger partial charge is 0.338 e. The number of anilines is 2. The van der Waals surface area contributed by atoms with Crippen molar-refractivity contribution in [3.05, 3.63) is 53.0 Å². The Hall–Kier alpha value is -3.26. The third-order valence-electron chi connectivity index (χ3n) is 4.51. The molecule has 0 radical (unpaired) electrons. The van der Waals surface area contributed by atoms with Gasteiger partial charge < -0.3 is 5.32 Å². The topological polar surface area (TPSA) is 97.6 Å². The van der Waals surface area contributed by atoms with Crippen molar-refractivity contribution < 1.29 is 14.4 Å². The predicted octanol–water partition coefficient (Wildman–Crippen LogP) is 3.40. The summed E-state index contributed by atoms with van der Waals surface area (Å²) < 4.78 is 1.66. The van der Waals surface area contributed by atoms with Gasteiger partial charge in [0.1, 0.15) is 11.8 Å². The maximum absolute atomic E-state index is 12.2. The van der Waals surface area contributed by atoms with Crippen LogP contribution in [0, 0.1) is 6.92 Å². The molecule has 0 fully saturated rings. The van der Waals surface area contributed by atoms with Crippen LogP contribution in [0.3, 0.4) is 0 Å². The van der Waals surface area contributed by atoms with E-state index in [4.69, 9.17) is 4.84 Å². The molecule has 0 saturated heterocycles. The van der Waals surface area contributed by atoms with Gasteiger partial charge in [0.2, 0.25) is 0 Å². The maximum atomic E-state index is 12.2. The average molecular weight is 381 g/mol. The summed E-state index contributed by atoms with van der Waals surface area (Å²) in [5, 5.41) is 7.50. The summed E-state index contributed by atoms with van der Waals surface area (Å²) >= 11 is 0. The molecule has 2 aromatic heterocycles. The zero-order valence-corrected chi connectivity index (χ0v) is 16.5. The number of nitrogens with one attached hydrogen (secondary N) is 2. The minimum atomic E-state index is -0.332. The van der Waals surface area contributed by atoms with E-state index in [0.29, 0.717) is 22.6 Å². The van der Waals surface area contributed by atoms with Crippen LogP contribution in [0.5, 0.6) is 0 Å². The van der Waals surface area contributed by atoms with Gasteiger partial charge in [-0.2, -0.15) is 5.10 Å². The highest BCUT2D eigenvalue weighted by atomic mass is 16.6. The molecule has 2 heterocycles. The summed E-state index contributed by atoms with van der Waals surface area (Å²) in [4.78, 5) is 33.4. The predicted molar refractivity (Wildman–Crippen MR) is 106 cm³/mol. The Bertz CT molecular complexity index is 1060. The van der Waals surface area contributed by atoms with Gasteiger partial charge in [0.05, 0.1) is 7.11 Å². The number of aromatic nitrogens is 3. The standard InChI is InChI=1S/C20H23N5O3/c1-11(2)17-16(13(4)26)9-25-18(17)19(21-10-22-25)23-14-7-6-12(3)15(8-14)20(27)24-28-5/h6-11H,1-5H3,(H,24,27)(H,21,22,23). The number of nitrogens with zero attached hydrogens (tertiary/aromatic N) is 3. The van der Waals surface area contributed by atoms with Crippen LogP contribution in [0.2, 0.25) is 0 Å². The fraction of sp³-hybridized carbons (Fsp3) is 0.300. The van der Waals surface area contributed by atoms with Gasteiger partial charge in [-0.1, -0.05) is 19.9 Å². The number of benzene rings is 1. The average Bonchev–Trinajstić information content (AvgIpc) is 3.04. The zero-order valence-electron chi connectivity index (χ0n) is 16.5. The molecule has 0 aliphatic carbocycles. The lowest BCUT2D eigenvalue weighted by atomic mass is 9.98. The van der Waals surface area contributed by atoms with Crippen molar-refractivity contribution in [1.29, 1.82) is 0 Å².